The van der Waals surface area contributed by atoms with E-state index in [1.807, 2.05) is 6.07 Å². The van der Waals surface area contributed by atoms with Gasteiger partial charge >= 0.3 is 5.97 Å². The average Bonchev–Trinajstić information content (AvgIpc) is 3.25. The third kappa shape index (κ3) is 3.21. The first-order valence-electron chi connectivity index (χ1n) is 8.80. The predicted octanol–water partition coefficient (Wildman–Crippen LogP) is 3.49. The van der Waals surface area contributed by atoms with Crippen LogP contribution in [0.5, 0.6) is 0 Å². The number of ether oxygens (including phenoxy) is 1. The van der Waals surface area contributed by atoms with Crippen LogP contribution in [-0.2, 0) is 4.74 Å². The van der Waals surface area contributed by atoms with Crippen molar-refractivity contribution < 1.29 is 19.1 Å². The molecule has 7 nitrogen and oxygen atoms in total. The quantitative estimate of drug-likeness (QED) is 0.387. The van der Waals surface area contributed by atoms with Gasteiger partial charge in [0.25, 0.3) is 0 Å². The number of Topliss-reactive ketones (excluding diaryl/α,β-unsaturated/α-hetero) is 2. The van der Waals surface area contributed by atoms with Crippen molar-refractivity contribution in [2.75, 3.05) is 6.61 Å². The maximum absolute atomic E-state index is 12.9. The molecule has 2 N–H and O–H groups in total. The zero-order valence-corrected chi connectivity index (χ0v) is 15.8. The van der Waals surface area contributed by atoms with E-state index < -0.39 is 23.5 Å². The molecule has 28 heavy (non-hydrogen) atoms. The molecule has 0 aliphatic carbocycles. The minimum atomic E-state index is -1.51. The van der Waals surface area contributed by atoms with Gasteiger partial charge in [0.1, 0.15) is 0 Å². The Labute approximate surface area is 161 Å². The summed E-state index contributed by atoms with van der Waals surface area (Å²) in [5, 5.41) is 10.4. The van der Waals surface area contributed by atoms with Crippen molar-refractivity contribution in [3.05, 3.63) is 58.5 Å². The second-order valence-electron chi connectivity index (χ2n) is 6.42. The average molecular weight is 377 g/mol. The number of aromatic nitrogens is 2. The maximum atomic E-state index is 12.9. The summed E-state index contributed by atoms with van der Waals surface area (Å²) in [5.41, 5.74) is 2.15. The lowest BCUT2D eigenvalue weighted by Gasteiger charge is -2.08. The number of nitriles is 1. The molecule has 3 rings (SSSR count). The summed E-state index contributed by atoms with van der Waals surface area (Å²) in [6.07, 6.45) is 1.74. The Morgan fingerprint density at radius 3 is 2.61 bits per heavy atom. The highest BCUT2D eigenvalue weighted by molar-refractivity contribution is 6.19. The number of ketones is 2. The fourth-order valence-electron chi connectivity index (χ4n) is 3.25. The number of carbonyl (C=O) groups excluding carboxylic acids is 3. The number of aromatic amines is 2. The van der Waals surface area contributed by atoms with Crippen molar-refractivity contribution in [2.24, 2.45) is 5.92 Å². The van der Waals surface area contributed by atoms with Gasteiger partial charge in [-0.15, -0.1) is 0 Å². The molecule has 0 unspecified atom stereocenters. The summed E-state index contributed by atoms with van der Waals surface area (Å²) in [6.45, 7) is 5.12. The molecule has 0 aliphatic rings. The Balaban J connectivity index is 1.95. The zero-order valence-electron chi connectivity index (χ0n) is 15.8. The summed E-state index contributed by atoms with van der Waals surface area (Å²) in [6, 6.07) is 8.62. The van der Waals surface area contributed by atoms with E-state index in [0.717, 1.165) is 10.9 Å². The second kappa shape index (κ2) is 7.53. The summed E-state index contributed by atoms with van der Waals surface area (Å²) < 4.78 is 5.01. The van der Waals surface area contributed by atoms with Crippen molar-refractivity contribution in [1.82, 2.24) is 9.97 Å². The number of hydrogen-bond donors (Lipinski definition) is 2. The molecular formula is C21H19N3O4. The topological polar surface area (TPSA) is 116 Å². The van der Waals surface area contributed by atoms with Crippen LogP contribution in [0.3, 0.4) is 0 Å². The first-order valence-corrected chi connectivity index (χ1v) is 8.80. The van der Waals surface area contributed by atoms with Crippen molar-refractivity contribution in [1.29, 1.82) is 5.26 Å². The number of benzene rings is 1. The fourth-order valence-corrected chi connectivity index (χ4v) is 3.25. The van der Waals surface area contributed by atoms with Crippen LogP contribution >= 0.6 is 0 Å². The molecule has 3 aromatic rings. The number of rotatable bonds is 6. The van der Waals surface area contributed by atoms with Crippen molar-refractivity contribution in [3.63, 3.8) is 0 Å². The molecule has 2 heterocycles. The van der Waals surface area contributed by atoms with Crippen LogP contribution in [0.1, 0.15) is 49.4 Å². The number of nitrogens with zero attached hydrogens (tertiary/aromatic N) is 1. The summed E-state index contributed by atoms with van der Waals surface area (Å²) in [5.74, 6) is -3.33. The standard InChI is InChI=1S/C21H19N3O4/c1-4-28-21(27)17-11(2)18(24-12(17)3)20(26)15(10-22)19(25)14-6-5-13-7-8-23-16(13)9-14/h5-9,15,23-24H,4H2,1-3H3/t15-/m0/s1. The van der Waals surface area contributed by atoms with Gasteiger partial charge < -0.3 is 14.7 Å². The lowest BCUT2D eigenvalue weighted by atomic mass is 9.91. The smallest absolute Gasteiger partial charge is 0.340 e. The Bertz CT molecular complexity index is 1130. The summed E-state index contributed by atoms with van der Waals surface area (Å²) in [7, 11) is 0. The van der Waals surface area contributed by atoms with Gasteiger partial charge in [-0.1, -0.05) is 12.1 Å². The molecule has 0 saturated carbocycles. The van der Waals surface area contributed by atoms with Crippen molar-refractivity contribution in [2.45, 2.75) is 20.8 Å². The molecule has 142 valence electrons. The number of carbonyl (C=O) groups is 3. The van der Waals surface area contributed by atoms with E-state index >= 15 is 0 Å². The van der Waals surface area contributed by atoms with Gasteiger partial charge in [0.2, 0.25) is 5.78 Å². The highest BCUT2D eigenvalue weighted by atomic mass is 16.5. The molecule has 0 radical (unpaired) electrons. The van der Waals surface area contributed by atoms with E-state index in [9.17, 15) is 19.6 Å². The third-order valence-electron chi connectivity index (χ3n) is 4.66. The number of aryl methyl sites for hydroxylation is 1. The Hall–Kier alpha value is -3.66. The predicted molar refractivity (Wildman–Crippen MR) is 102 cm³/mol. The number of fused-ring (bicyclic) bond motifs is 1. The molecule has 2 aromatic heterocycles. The Kier molecular flexibility index (Phi) is 5.14. The minimum Gasteiger partial charge on any atom is -0.462 e. The van der Waals surface area contributed by atoms with Crippen LogP contribution < -0.4 is 0 Å². The SMILES string of the molecule is CCOC(=O)c1c(C)[nH]c(C(=O)[C@@H](C#N)C(=O)c2ccc3cc[nH]c3c2)c1C. The number of nitrogens with one attached hydrogen (secondary N) is 2. The van der Waals surface area contributed by atoms with E-state index in [1.54, 1.807) is 51.2 Å². The lowest BCUT2D eigenvalue weighted by molar-refractivity contribution is 0.0524. The van der Waals surface area contributed by atoms with Crippen molar-refractivity contribution >= 4 is 28.4 Å². The number of esters is 1. The first kappa shape index (κ1) is 19.1. The normalized spacial score (nSPS) is 11.8. The molecule has 0 aliphatic heterocycles. The van der Waals surface area contributed by atoms with Crippen LogP contribution in [-0.4, -0.2) is 34.1 Å². The van der Waals surface area contributed by atoms with Gasteiger partial charge in [-0.05, 0) is 43.9 Å². The zero-order chi connectivity index (χ0) is 20.4. The van der Waals surface area contributed by atoms with E-state index in [4.69, 9.17) is 4.74 Å². The summed E-state index contributed by atoms with van der Waals surface area (Å²) >= 11 is 0. The second-order valence-corrected chi connectivity index (χ2v) is 6.42. The minimum absolute atomic E-state index is 0.0707. The third-order valence-corrected chi connectivity index (χ3v) is 4.66. The molecule has 0 bridgehead atoms. The monoisotopic (exact) mass is 377 g/mol. The first-order chi connectivity index (χ1) is 13.4. The molecule has 0 amide bonds. The van der Waals surface area contributed by atoms with Crippen LogP contribution in [0.4, 0.5) is 0 Å². The Morgan fingerprint density at radius 2 is 1.93 bits per heavy atom. The number of hydrogen-bond acceptors (Lipinski definition) is 5. The van der Waals surface area contributed by atoms with Crippen LogP contribution in [0.2, 0.25) is 0 Å². The van der Waals surface area contributed by atoms with E-state index in [2.05, 4.69) is 9.97 Å². The molecule has 0 spiro atoms. The van der Waals surface area contributed by atoms with Crippen LogP contribution in [0.15, 0.2) is 30.5 Å². The van der Waals surface area contributed by atoms with Crippen molar-refractivity contribution in [3.8, 4) is 6.07 Å². The Morgan fingerprint density at radius 1 is 1.18 bits per heavy atom. The highest BCUT2D eigenvalue weighted by Gasteiger charge is 2.32. The van der Waals surface area contributed by atoms with Gasteiger partial charge in [0.15, 0.2) is 11.7 Å². The molecule has 1 aromatic carbocycles. The van der Waals surface area contributed by atoms with Crippen LogP contribution in [0, 0.1) is 31.1 Å². The van der Waals surface area contributed by atoms with E-state index in [0.29, 0.717) is 11.3 Å². The fraction of sp³-hybridized carbons (Fsp3) is 0.238. The molecule has 0 fully saturated rings. The van der Waals surface area contributed by atoms with Gasteiger partial charge in [0.05, 0.1) is 23.9 Å². The maximum Gasteiger partial charge on any atom is 0.340 e. The summed E-state index contributed by atoms with van der Waals surface area (Å²) in [4.78, 5) is 43.7. The molecule has 7 heteroatoms. The largest absolute Gasteiger partial charge is 0.462 e. The van der Waals surface area contributed by atoms with Gasteiger partial charge in [-0.2, -0.15) is 5.26 Å². The van der Waals surface area contributed by atoms with Gasteiger partial charge in [-0.3, -0.25) is 9.59 Å². The molecular weight excluding hydrogens is 358 g/mol. The van der Waals surface area contributed by atoms with Gasteiger partial charge in [-0.25, -0.2) is 4.79 Å². The molecule has 1 atom stereocenters. The van der Waals surface area contributed by atoms with Gasteiger partial charge in [0, 0.05) is 23.0 Å². The van der Waals surface area contributed by atoms with E-state index in [1.165, 1.54) is 0 Å². The number of H-pyrrole nitrogens is 2. The highest BCUT2D eigenvalue weighted by Crippen LogP contribution is 2.24. The molecule has 0 saturated heterocycles. The lowest BCUT2D eigenvalue weighted by Crippen LogP contribution is -2.24. The van der Waals surface area contributed by atoms with E-state index in [-0.39, 0.29) is 23.4 Å². The van der Waals surface area contributed by atoms with Crippen LogP contribution in [0.25, 0.3) is 10.9 Å².